The molecule has 1 saturated carbocycles. The summed E-state index contributed by atoms with van der Waals surface area (Å²) in [6.07, 6.45) is -0.310. The fourth-order valence-corrected chi connectivity index (χ4v) is 6.51. The number of nitrogens with one attached hydrogen (secondary N) is 1. The van der Waals surface area contributed by atoms with Crippen LogP contribution < -0.4 is 4.72 Å². The van der Waals surface area contributed by atoms with E-state index >= 15 is 0 Å². The van der Waals surface area contributed by atoms with Crippen LogP contribution in [0.2, 0.25) is 15.1 Å². The topological polar surface area (TPSA) is 69.2 Å². The first-order chi connectivity index (χ1) is 13.4. The van der Waals surface area contributed by atoms with Gasteiger partial charge in [-0.3, -0.25) is 0 Å². The monoisotopic (exact) mass is 505 g/mol. The Morgan fingerprint density at radius 3 is 2.14 bits per heavy atom. The van der Waals surface area contributed by atoms with Gasteiger partial charge in [-0.15, -0.1) is 0 Å². The average Bonchev–Trinajstić information content (AvgIpc) is 2.59. The first-order valence-electron chi connectivity index (χ1n) is 8.07. The summed E-state index contributed by atoms with van der Waals surface area (Å²) in [4.78, 5) is 0.377. The van der Waals surface area contributed by atoms with Crippen LogP contribution in [-0.2, 0) is 25.9 Å². The molecule has 1 aliphatic rings. The predicted octanol–water partition coefficient (Wildman–Crippen LogP) is 5.25. The van der Waals surface area contributed by atoms with Gasteiger partial charge in [0, 0.05) is 39.5 Å². The highest BCUT2D eigenvalue weighted by Crippen LogP contribution is 2.53. The molecule has 1 atom stereocenters. The van der Waals surface area contributed by atoms with Crippen molar-refractivity contribution in [3.8, 4) is 0 Å². The zero-order chi connectivity index (χ0) is 21.6. The van der Waals surface area contributed by atoms with Crippen molar-refractivity contribution < 1.29 is 26.1 Å². The molecule has 0 aromatic heterocycles. The number of hydrogen-bond donors (Lipinski definition) is 1. The molecule has 1 unspecified atom stereocenters. The summed E-state index contributed by atoms with van der Waals surface area (Å²) in [5.74, 6) is 0. The zero-order valence-corrected chi connectivity index (χ0v) is 18.2. The lowest BCUT2D eigenvalue weighted by Gasteiger charge is -2.47. The summed E-state index contributed by atoms with van der Waals surface area (Å²) in [5.41, 5.74) is -5.06. The van der Waals surface area contributed by atoms with E-state index < -0.39 is 37.5 Å². The van der Waals surface area contributed by atoms with E-state index in [1.54, 1.807) is 4.72 Å². The maximum absolute atomic E-state index is 13.4. The lowest BCUT2D eigenvalue weighted by molar-refractivity contribution is -0.0455. The molecule has 2 aromatic rings. The fourth-order valence-electron chi connectivity index (χ4n) is 3.21. The van der Waals surface area contributed by atoms with Crippen LogP contribution in [0, 0.1) is 0 Å². The van der Waals surface area contributed by atoms with Crippen molar-refractivity contribution in [1.82, 2.24) is 4.72 Å². The molecule has 0 heterocycles. The number of benzene rings is 2. The highest BCUT2D eigenvalue weighted by molar-refractivity contribution is 7.92. The van der Waals surface area contributed by atoms with Crippen LogP contribution in [0.4, 0.5) is 13.2 Å². The molecule has 0 radical (unpaired) electrons. The van der Waals surface area contributed by atoms with Crippen molar-refractivity contribution >= 4 is 56.0 Å². The van der Waals surface area contributed by atoms with Crippen LogP contribution in [0.25, 0.3) is 0 Å². The van der Waals surface area contributed by atoms with Crippen LogP contribution in [0.1, 0.15) is 18.4 Å². The Bertz CT molecular complexity index is 1010. The Morgan fingerprint density at radius 1 is 1.03 bits per heavy atom. The van der Waals surface area contributed by atoms with Crippen LogP contribution in [0.5, 0.6) is 0 Å². The van der Waals surface area contributed by atoms with Gasteiger partial charge in [0.05, 0.1) is 0 Å². The molecule has 29 heavy (non-hydrogen) atoms. The van der Waals surface area contributed by atoms with Gasteiger partial charge in [0.25, 0.3) is 0 Å². The fraction of sp³-hybridized carbons (Fsp3) is 0.294. The van der Waals surface area contributed by atoms with Crippen molar-refractivity contribution in [3.63, 3.8) is 0 Å². The van der Waals surface area contributed by atoms with Gasteiger partial charge >= 0.3 is 15.5 Å². The third-order valence-corrected chi connectivity index (χ3v) is 8.61. The lowest BCUT2D eigenvalue weighted by Crippen LogP contribution is -2.58. The maximum atomic E-state index is 13.4. The molecular weight excluding hydrogens is 494 g/mol. The van der Waals surface area contributed by atoms with Crippen LogP contribution in [0.3, 0.4) is 0 Å². The van der Waals surface area contributed by atoms with E-state index in [-0.39, 0.29) is 17.9 Å². The Labute approximate surface area is 183 Å². The summed E-state index contributed by atoms with van der Waals surface area (Å²) >= 11 is 16.4. The second kappa shape index (κ2) is 8.11. The molecular formula is C17H13Cl3F3NO3S2. The third-order valence-electron chi connectivity index (χ3n) is 4.58. The minimum absolute atomic E-state index is 0.155. The van der Waals surface area contributed by atoms with Crippen LogP contribution in [-0.4, -0.2) is 24.5 Å². The number of rotatable bonds is 5. The molecule has 0 spiro atoms. The molecule has 1 fully saturated rings. The summed E-state index contributed by atoms with van der Waals surface area (Å²) in [7, 11) is -5.53. The molecule has 0 aliphatic heterocycles. The second-order valence-corrected chi connectivity index (χ2v) is 11.3. The van der Waals surface area contributed by atoms with Crippen molar-refractivity contribution in [2.75, 3.05) is 0 Å². The largest absolute Gasteiger partial charge is 0.611 e. The number of halogens is 6. The second-order valence-electron chi connectivity index (χ2n) is 6.51. The van der Waals surface area contributed by atoms with Gasteiger partial charge in [-0.2, -0.15) is 13.2 Å². The molecule has 0 amide bonds. The zero-order valence-electron chi connectivity index (χ0n) is 14.3. The normalized spacial score (nSPS) is 23.5. The summed E-state index contributed by atoms with van der Waals surface area (Å²) in [6, 6.07) is 9.58. The minimum Gasteiger partial charge on any atom is -0.611 e. The number of alkyl halides is 3. The molecule has 12 heteroatoms. The van der Waals surface area contributed by atoms with Gasteiger partial charge < -0.3 is 4.55 Å². The van der Waals surface area contributed by atoms with Crippen molar-refractivity contribution in [2.24, 2.45) is 0 Å². The van der Waals surface area contributed by atoms with Gasteiger partial charge in [-0.25, -0.2) is 13.1 Å². The molecule has 2 aromatic carbocycles. The van der Waals surface area contributed by atoms with E-state index in [1.165, 1.54) is 42.5 Å². The van der Waals surface area contributed by atoms with E-state index in [2.05, 4.69) is 0 Å². The average molecular weight is 507 g/mol. The van der Waals surface area contributed by atoms with Gasteiger partial charge in [0.1, 0.15) is 0 Å². The van der Waals surface area contributed by atoms with Crippen molar-refractivity contribution in [3.05, 3.63) is 63.1 Å². The summed E-state index contributed by atoms with van der Waals surface area (Å²) in [6.45, 7) is 0. The van der Waals surface area contributed by atoms with E-state index in [4.69, 9.17) is 34.8 Å². The Kier molecular flexibility index (Phi) is 6.43. The highest BCUT2D eigenvalue weighted by atomic mass is 35.5. The third kappa shape index (κ3) is 4.51. The summed E-state index contributed by atoms with van der Waals surface area (Å²) < 4.78 is 74.7. The first kappa shape index (κ1) is 23.0. The Balaban J connectivity index is 1.97. The first-order valence-corrected chi connectivity index (χ1v) is 11.8. The highest BCUT2D eigenvalue weighted by Gasteiger charge is 2.59. The van der Waals surface area contributed by atoms with E-state index in [0.717, 1.165) is 0 Å². The van der Waals surface area contributed by atoms with Gasteiger partial charge in [-0.05, 0) is 53.6 Å². The summed E-state index contributed by atoms with van der Waals surface area (Å²) in [5, 5.41) is 0.954. The molecule has 0 bridgehead atoms. The van der Waals surface area contributed by atoms with Gasteiger partial charge in [0.2, 0.25) is 0 Å². The molecule has 4 nitrogen and oxygen atoms in total. The maximum Gasteiger partial charge on any atom is 0.511 e. The van der Waals surface area contributed by atoms with Gasteiger partial charge in [-0.1, -0.05) is 34.8 Å². The van der Waals surface area contributed by atoms with Crippen LogP contribution >= 0.6 is 34.8 Å². The smallest absolute Gasteiger partial charge is 0.511 e. The van der Waals surface area contributed by atoms with Gasteiger partial charge in [0.15, 0.2) is 9.64 Å². The molecule has 158 valence electrons. The van der Waals surface area contributed by atoms with E-state index in [1.807, 2.05) is 0 Å². The minimum atomic E-state index is -5.53. The SMILES string of the molecule is O=S(=O)(NC1CC(c2cc(Cl)ccc2Cl)([S+]([O-])c2ccc(Cl)cc2)C1)C(F)(F)F. The molecule has 1 N–H and O–H groups in total. The lowest BCUT2D eigenvalue weighted by atomic mass is 9.75. The molecule has 3 rings (SSSR count). The molecule has 0 saturated heterocycles. The van der Waals surface area contributed by atoms with E-state index in [9.17, 15) is 26.1 Å². The standard InChI is InChI=1S/C17H13Cl3F3NO3S2/c18-10-1-4-13(5-2-10)28(25)16(14-7-11(19)3-6-15(14)20)8-12(9-16)24-29(26,27)17(21,22)23/h1-7,12,24H,8-9H2. The Morgan fingerprint density at radius 2 is 1.59 bits per heavy atom. The van der Waals surface area contributed by atoms with Crippen molar-refractivity contribution in [1.29, 1.82) is 0 Å². The number of hydrogen-bond acceptors (Lipinski definition) is 3. The van der Waals surface area contributed by atoms with Crippen molar-refractivity contribution in [2.45, 2.75) is 34.0 Å². The van der Waals surface area contributed by atoms with E-state index in [0.29, 0.717) is 20.5 Å². The molecule has 1 aliphatic carbocycles. The quantitative estimate of drug-likeness (QED) is 0.563. The number of sulfonamides is 1. The van der Waals surface area contributed by atoms with Crippen LogP contribution in [0.15, 0.2) is 47.4 Å². The Hall–Kier alpha value is -0.680. The predicted molar refractivity (Wildman–Crippen MR) is 107 cm³/mol.